The number of benzene rings is 4. The lowest BCUT2D eigenvalue weighted by Gasteiger charge is -2.30. The van der Waals surface area contributed by atoms with Crippen LogP contribution in [0.4, 0.5) is 0 Å². The van der Waals surface area contributed by atoms with E-state index in [1.165, 1.54) is 30.3 Å². The molecule has 11 nitrogen and oxygen atoms in total. The molecule has 4 aromatic carbocycles. The van der Waals surface area contributed by atoms with Gasteiger partial charge < -0.3 is 45.2 Å². The van der Waals surface area contributed by atoms with Crippen LogP contribution in [0, 0.1) is 0 Å². The fraction of sp³-hybridized carbons (Fsp3) is 0.133. The molecular formula is C30H22O11. The number of hydrogen-bond acceptors (Lipinski definition) is 11. The highest BCUT2D eigenvalue weighted by Gasteiger charge is 2.38. The molecule has 2 aliphatic heterocycles. The summed E-state index contributed by atoms with van der Waals surface area (Å²) in [6, 6.07) is 11.8. The van der Waals surface area contributed by atoms with E-state index in [0.29, 0.717) is 5.56 Å². The third-order valence-electron chi connectivity index (χ3n) is 7.20. The Hall–Kier alpha value is -5.58. The van der Waals surface area contributed by atoms with Gasteiger partial charge in [-0.15, -0.1) is 0 Å². The van der Waals surface area contributed by atoms with Crippen molar-refractivity contribution in [2.75, 3.05) is 0 Å². The molecule has 41 heavy (non-hydrogen) atoms. The predicted octanol–water partition coefficient (Wildman–Crippen LogP) is 4.71. The number of hydrogen-bond donors (Lipinski definition) is 7. The van der Waals surface area contributed by atoms with Gasteiger partial charge in [-0.25, -0.2) is 0 Å². The van der Waals surface area contributed by atoms with Gasteiger partial charge in [-0.3, -0.25) is 9.59 Å². The summed E-state index contributed by atoms with van der Waals surface area (Å²) in [6.07, 6.45) is -2.27. The lowest BCUT2D eigenvalue weighted by Crippen LogP contribution is -2.22. The largest absolute Gasteiger partial charge is 0.508 e. The molecule has 0 fully saturated rings. The molecule has 2 heterocycles. The molecule has 4 aromatic rings. The number of Topliss-reactive ketones (excluding diaryl/α,β-unsaturated/α-hetero) is 2. The summed E-state index contributed by atoms with van der Waals surface area (Å²) in [7, 11) is 0. The molecule has 0 aromatic heterocycles. The molecule has 0 saturated carbocycles. The third-order valence-corrected chi connectivity index (χ3v) is 7.20. The van der Waals surface area contributed by atoms with E-state index in [-0.39, 0.29) is 52.3 Å². The van der Waals surface area contributed by atoms with Gasteiger partial charge in [-0.05, 0) is 35.4 Å². The number of ether oxygens (including phenoxy) is 2. The van der Waals surface area contributed by atoms with Crippen molar-refractivity contribution in [1.29, 1.82) is 0 Å². The van der Waals surface area contributed by atoms with Crippen LogP contribution in [0.25, 0.3) is 11.1 Å². The van der Waals surface area contributed by atoms with Crippen molar-refractivity contribution >= 4 is 11.6 Å². The zero-order valence-corrected chi connectivity index (χ0v) is 21.0. The molecule has 0 radical (unpaired) electrons. The normalized spacial score (nSPS) is 17.8. The van der Waals surface area contributed by atoms with E-state index in [4.69, 9.17) is 9.47 Å². The first kappa shape index (κ1) is 25.7. The molecule has 2 aliphatic rings. The lowest BCUT2D eigenvalue weighted by atomic mass is 9.88. The number of fused-ring (bicyclic) bond motifs is 2. The third kappa shape index (κ3) is 4.15. The molecule has 11 heteroatoms. The van der Waals surface area contributed by atoms with E-state index in [2.05, 4.69) is 0 Å². The maximum Gasteiger partial charge on any atom is 0.174 e. The van der Waals surface area contributed by atoms with E-state index in [9.17, 15) is 45.3 Å². The Morgan fingerprint density at radius 2 is 1.12 bits per heavy atom. The zero-order chi connectivity index (χ0) is 29.2. The quantitative estimate of drug-likeness (QED) is 0.172. The van der Waals surface area contributed by atoms with Gasteiger partial charge in [-0.1, -0.05) is 18.2 Å². The number of carbonyl (C=O) groups excluding carboxylic acids is 2. The Balaban J connectivity index is 1.48. The summed E-state index contributed by atoms with van der Waals surface area (Å²) >= 11 is 0. The monoisotopic (exact) mass is 558 g/mol. The second kappa shape index (κ2) is 9.26. The van der Waals surface area contributed by atoms with Crippen molar-refractivity contribution in [2.24, 2.45) is 0 Å². The van der Waals surface area contributed by atoms with Crippen LogP contribution in [-0.4, -0.2) is 47.3 Å². The summed E-state index contributed by atoms with van der Waals surface area (Å²) in [6.45, 7) is 0. The van der Waals surface area contributed by atoms with Crippen molar-refractivity contribution in [3.05, 3.63) is 76.9 Å². The Morgan fingerprint density at radius 1 is 0.537 bits per heavy atom. The molecule has 208 valence electrons. The van der Waals surface area contributed by atoms with Crippen molar-refractivity contribution in [1.82, 2.24) is 0 Å². The first-order valence-corrected chi connectivity index (χ1v) is 12.4. The van der Waals surface area contributed by atoms with Crippen molar-refractivity contribution in [3.8, 4) is 62.9 Å². The predicted molar refractivity (Wildman–Crippen MR) is 141 cm³/mol. The van der Waals surface area contributed by atoms with Gasteiger partial charge in [0.15, 0.2) is 23.1 Å². The molecule has 0 saturated heterocycles. The van der Waals surface area contributed by atoms with Crippen LogP contribution in [-0.2, 0) is 0 Å². The number of aromatic hydroxyl groups is 7. The Kier molecular flexibility index (Phi) is 5.80. The standard InChI is InChI=1S/C30H22O11/c31-14-4-1-12(2-5-14)22-10-20(37)26-24(40-22)11-21(38)27(29(26)39)28-18(35)8-17(34)25-19(36)9-23(41-30(25)28)13-3-6-15(32)16(33)7-13/h1-8,11,22-23,31-35,38-39H,9-10H2/t22-,23-/m1/s1. The smallest absolute Gasteiger partial charge is 0.174 e. The van der Waals surface area contributed by atoms with E-state index in [1.54, 1.807) is 12.1 Å². The lowest BCUT2D eigenvalue weighted by molar-refractivity contribution is 0.0833. The zero-order valence-electron chi connectivity index (χ0n) is 21.0. The second-order valence-electron chi connectivity index (χ2n) is 9.79. The number of phenolic OH excluding ortho intramolecular Hbond substituents is 7. The van der Waals surface area contributed by atoms with Crippen LogP contribution >= 0.6 is 0 Å². The van der Waals surface area contributed by atoms with Gasteiger partial charge in [0.2, 0.25) is 0 Å². The maximum absolute atomic E-state index is 13.2. The van der Waals surface area contributed by atoms with Crippen LogP contribution in [0.2, 0.25) is 0 Å². The molecule has 0 amide bonds. The summed E-state index contributed by atoms with van der Waals surface area (Å²) in [5, 5.41) is 72.8. The minimum atomic E-state index is -1.04. The Bertz CT molecular complexity index is 1760. The molecule has 0 unspecified atom stereocenters. The van der Waals surface area contributed by atoms with Crippen LogP contribution < -0.4 is 9.47 Å². The van der Waals surface area contributed by atoms with Gasteiger partial charge in [0.25, 0.3) is 0 Å². The molecule has 0 aliphatic carbocycles. The summed E-state index contributed by atoms with van der Waals surface area (Å²) in [4.78, 5) is 26.4. The summed E-state index contributed by atoms with van der Waals surface area (Å²) in [5.74, 6) is -5.09. The summed E-state index contributed by atoms with van der Waals surface area (Å²) < 4.78 is 11.9. The number of phenols is 7. The molecular weight excluding hydrogens is 536 g/mol. The van der Waals surface area contributed by atoms with Gasteiger partial charge in [0, 0.05) is 12.1 Å². The first-order chi connectivity index (χ1) is 19.5. The SMILES string of the molecule is O=C1C[C@H](c2ccc(O)cc2)Oc2cc(O)c(-c3c(O)cc(O)c4c3O[C@@H](c3ccc(O)c(O)c3)CC4=O)c(O)c21. The molecule has 6 rings (SSSR count). The minimum Gasteiger partial charge on any atom is -0.508 e. The average molecular weight is 558 g/mol. The fourth-order valence-electron chi connectivity index (χ4n) is 5.22. The topological polar surface area (TPSA) is 194 Å². The molecule has 0 bridgehead atoms. The highest BCUT2D eigenvalue weighted by atomic mass is 16.5. The first-order valence-electron chi connectivity index (χ1n) is 12.4. The van der Waals surface area contributed by atoms with E-state index >= 15 is 0 Å². The van der Waals surface area contributed by atoms with Crippen molar-refractivity contribution in [2.45, 2.75) is 25.0 Å². The molecule has 7 N–H and O–H groups in total. The highest BCUT2D eigenvalue weighted by Crippen LogP contribution is 2.56. The van der Waals surface area contributed by atoms with Gasteiger partial charge in [0.1, 0.15) is 63.6 Å². The highest BCUT2D eigenvalue weighted by molar-refractivity contribution is 6.09. The van der Waals surface area contributed by atoms with Crippen LogP contribution in [0.1, 0.15) is 56.9 Å². The van der Waals surface area contributed by atoms with Gasteiger partial charge in [-0.2, -0.15) is 0 Å². The van der Waals surface area contributed by atoms with Crippen LogP contribution in [0.3, 0.4) is 0 Å². The molecule has 0 spiro atoms. The Morgan fingerprint density at radius 3 is 1.80 bits per heavy atom. The number of rotatable bonds is 3. The second-order valence-corrected chi connectivity index (χ2v) is 9.79. The number of ketones is 2. The van der Waals surface area contributed by atoms with Crippen molar-refractivity contribution in [3.63, 3.8) is 0 Å². The van der Waals surface area contributed by atoms with Crippen LogP contribution in [0.5, 0.6) is 51.7 Å². The summed E-state index contributed by atoms with van der Waals surface area (Å²) in [5.41, 5.74) is -0.506. The molecule has 2 atom stereocenters. The fourth-order valence-corrected chi connectivity index (χ4v) is 5.22. The Labute approximate surface area is 231 Å². The van der Waals surface area contributed by atoms with Gasteiger partial charge in [0.05, 0.1) is 24.0 Å². The van der Waals surface area contributed by atoms with Gasteiger partial charge >= 0.3 is 0 Å². The minimum absolute atomic E-state index is 0.0263. The van der Waals surface area contributed by atoms with Crippen molar-refractivity contribution < 1.29 is 54.8 Å². The van der Waals surface area contributed by atoms with Crippen LogP contribution in [0.15, 0.2) is 54.6 Å². The average Bonchev–Trinajstić information content (AvgIpc) is 2.91. The van der Waals surface area contributed by atoms with E-state index in [0.717, 1.165) is 12.1 Å². The van der Waals surface area contributed by atoms with E-state index in [1.807, 2.05) is 0 Å². The number of carbonyl (C=O) groups is 2. The van der Waals surface area contributed by atoms with E-state index < -0.39 is 63.8 Å². The maximum atomic E-state index is 13.2.